The number of nitrogens with zero attached hydrogens (tertiary/aromatic N) is 1. The molecule has 3 aromatic carbocycles. The Labute approximate surface area is 256 Å². The second-order valence-corrected chi connectivity index (χ2v) is 11.3. The van der Waals surface area contributed by atoms with E-state index < -0.39 is 28.0 Å². The molecule has 4 rings (SSSR count). The molecule has 0 bridgehead atoms. The van der Waals surface area contributed by atoms with Crippen LogP contribution in [0.2, 0.25) is 20.1 Å². The van der Waals surface area contributed by atoms with Gasteiger partial charge >= 0.3 is 5.97 Å². The van der Waals surface area contributed by atoms with Crippen LogP contribution in [0.1, 0.15) is 20.7 Å². The molecule has 0 atom stereocenters. The van der Waals surface area contributed by atoms with Crippen molar-refractivity contribution in [3.8, 4) is 17.0 Å². The van der Waals surface area contributed by atoms with Gasteiger partial charge in [0, 0.05) is 21.5 Å². The van der Waals surface area contributed by atoms with Crippen LogP contribution >= 0.6 is 69.5 Å². The Hall–Kier alpha value is -2.99. The van der Waals surface area contributed by atoms with Crippen LogP contribution in [-0.4, -0.2) is 40.7 Å². The topological polar surface area (TPSA) is 118 Å². The molecule has 8 nitrogen and oxygen atoms in total. The van der Waals surface area contributed by atoms with E-state index in [1.807, 2.05) is 29.6 Å². The van der Waals surface area contributed by atoms with Crippen LogP contribution in [-0.2, 0) is 4.79 Å². The number of carbonyl (C=O) groups is 3. The van der Waals surface area contributed by atoms with Crippen molar-refractivity contribution in [2.45, 2.75) is 4.90 Å². The highest BCUT2D eigenvalue weighted by molar-refractivity contribution is 8.00. The molecule has 14 heteroatoms. The van der Waals surface area contributed by atoms with E-state index in [4.69, 9.17) is 51.1 Å². The molecule has 0 saturated heterocycles. The highest BCUT2D eigenvalue weighted by Gasteiger charge is 2.29. The second-order valence-electron chi connectivity index (χ2n) is 7.87. The first-order valence-electron chi connectivity index (χ1n) is 11.1. The first-order chi connectivity index (χ1) is 19.1. The van der Waals surface area contributed by atoms with Gasteiger partial charge in [-0.3, -0.25) is 9.59 Å². The van der Waals surface area contributed by atoms with Gasteiger partial charge in [0.25, 0.3) is 5.91 Å². The molecule has 1 heterocycles. The Balaban J connectivity index is 1.42. The highest BCUT2D eigenvalue weighted by Crippen LogP contribution is 2.42. The lowest BCUT2D eigenvalue weighted by Crippen LogP contribution is -2.18. The number of aromatic carboxylic acids is 1. The number of anilines is 2. The lowest BCUT2D eigenvalue weighted by molar-refractivity contribution is -0.113. The number of para-hydroxylation sites is 1. The van der Waals surface area contributed by atoms with Crippen LogP contribution in [0.4, 0.5) is 10.8 Å². The Kier molecular flexibility index (Phi) is 9.83. The van der Waals surface area contributed by atoms with Gasteiger partial charge < -0.3 is 20.5 Å². The molecule has 0 fully saturated rings. The van der Waals surface area contributed by atoms with Crippen LogP contribution < -0.4 is 15.4 Å². The average Bonchev–Trinajstić information content (AvgIpc) is 3.40. The van der Waals surface area contributed by atoms with Crippen molar-refractivity contribution in [1.82, 2.24) is 4.98 Å². The van der Waals surface area contributed by atoms with E-state index in [1.54, 1.807) is 31.4 Å². The van der Waals surface area contributed by atoms with Crippen molar-refractivity contribution in [1.29, 1.82) is 0 Å². The summed E-state index contributed by atoms with van der Waals surface area (Å²) in [6.07, 6.45) is 0. The van der Waals surface area contributed by atoms with Gasteiger partial charge in [-0.25, -0.2) is 9.78 Å². The first-order valence-corrected chi connectivity index (χ1v) is 14.5. The van der Waals surface area contributed by atoms with Crippen LogP contribution in [0.15, 0.2) is 58.8 Å². The zero-order valence-corrected chi connectivity index (χ0v) is 24.9. The van der Waals surface area contributed by atoms with Crippen molar-refractivity contribution in [2.24, 2.45) is 0 Å². The van der Waals surface area contributed by atoms with Crippen LogP contribution in [0.3, 0.4) is 0 Å². The summed E-state index contributed by atoms with van der Waals surface area (Å²) in [7, 11) is 1.58. The van der Waals surface area contributed by atoms with Gasteiger partial charge in [0.2, 0.25) is 5.91 Å². The minimum Gasteiger partial charge on any atom is -0.496 e. The van der Waals surface area contributed by atoms with E-state index in [2.05, 4.69) is 15.6 Å². The number of halogens is 4. The van der Waals surface area contributed by atoms with Crippen LogP contribution in [0.25, 0.3) is 11.3 Å². The van der Waals surface area contributed by atoms with Crippen molar-refractivity contribution in [3.63, 3.8) is 0 Å². The fourth-order valence-corrected chi connectivity index (χ4v) is 6.02. The summed E-state index contributed by atoms with van der Waals surface area (Å²) in [6.45, 7) is 0. The van der Waals surface area contributed by atoms with E-state index in [-0.39, 0.29) is 26.7 Å². The molecule has 40 heavy (non-hydrogen) atoms. The summed E-state index contributed by atoms with van der Waals surface area (Å²) in [6, 6.07) is 14.1. The van der Waals surface area contributed by atoms with Crippen LogP contribution in [0, 0.1) is 0 Å². The SMILES string of the molecule is COc1ccccc1-c1csc(NC(=O)CSc2cccc(NC(=O)c3c(Cl)c(Cl)c(Cl)c(Cl)c3C(=O)O)c2)n1. The summed E-state index contributed by atoms with van der Waals surface area (Å²) in [5, 5.41) is 16.0. The number of nitrogens with one attached hydrogen (secondary N) is 2. The Morgan fingerprint density at radius 2 is 1.65 bits per heavy atom. The zero-order chi connectivity index (χ0) is 29.0. The van der Waals surface area contributed by atoms with Gasteiger partial charge in [-0.1, -0.05) is 64.6 Å². The van der Waals surface area contributed by atoms with Crippen molar-refractivity contribution in [2.75, 3.05) is 23.5 Å². The second kappa shape index (κ2) is 13.1. The lowest BCUT2D eigenvalue weighted by atomic mass is 10.1. The molecular weight excluding hydrogens is 640 g/mol. The normalized spacial score (nSPS) is 10.7. The summed E-state index contributed by atoms with van der Waals surface area (Å²) >= 11 is 26.7. The third-order valence-electron chi connectivity index (χ3n) is 5.30. The average molecular weight is 657 g/mol. The van der Waals surface area contributed by atoms with Gasteiger partial charge in [-0.2, -0.15) is 0 Å². The smallest absolute Gasteiger partial charge is 0.338 e. The number of thioether (sulfide) groups is 1. The number of carbonyl (C=O) groups excluding carboxylic acids is 2. The number of hydrogen-bond donors (Lipinski definition) is 3. The fraction of sp³-hybridized carbons (Fsp3) is 0.0769. The highest BCUT2D eigenvalue weighted by atomic mass is 35.5. The van der Waals surface area contributed by atoms with E-state index in [0.29, 0.717) is 27.2 Å². The van der Waals surface area contributed by atoms with Gasteiger partial charge in [-0.15, -0.1) is 23.1 Å². The maximum Gasteiger partial charge on any atom is 0.338 e. The standard InChI is InChI=1S/C26H17Cl4N3O5S2/c1-38-16-8-3-2-7-14(16)15-10-40-26(32-15)33-17(34)11-39-13-6-4-5-12(9-13)31-24(35)18-19(25(36)37)21(28)23(30)22(29)20(18)27/h2-10H,11H2,1H3,(H,31,35)(H,36,37)(H,32,33,34). The Morgan fingerprint density at radius 3 is 2.35 bits per heavy atom. The summed E-state index contributed by atoms with van der Waals surface area (Å²) in [5.74, 6) is -1.88. The predicted molar refractivity (Wildman–Crippen MR) is 161 cm³/mol. The van der Waals surface area contributed by atoms with E-state index in [0.717, 1.165) is 5.56 Å². The number of aromatic nitrogens is 1. The number of thiazole rings is 1. The minimum absolute atomic E-state index is 0.0678. The number of carboxylic acids is 1. The van der Waals surface area contributed by atoms with Crippen molar-refractivity contribution < 1.29 is 24.2 Å². The largest absolute Gasteiger partial charge is 0.496 e. The summed E-state index contributed by atoms with van der Waals surface area (Å²) < 4.78 is 5.37. The maximum atomic E-state index is 13.0. The molecule has 4 aromatic rings. The molecule has 206 valence electrons. The molecule has 0 saturated carbocycles. The van der Waals surface area contributed by atoms with Crippen molar-refractivity contribution in [3.05, 3.63) is 85.1 Å². The molecule has 0 aliphatic rings. The monoisotopic (exact) mass is 655 g/mol. The number of ether oxygens (including phenoxy) is 1. The van der Waals surface area contributed by atoms with E-state index in [9.17, 15) is 19.5 Å². The predicted octanol–water partition coefficient (Wildman–Crippen LogP) is 8.11. The quantitative estimate of drug-likeness (QED) is 0.0946. The third kappa shape index (κ3) is 6.65. The number of methoxy groups -OCH3 is 1. The Bertz CT molecular complexity index is 1630. The molecule has 0 spiro atoms. The molecular formula is C26H17Cl4N3O5S2. The zero-order valence-electron chi connectivity index (χ0n) is 20.3. The molecule has 0 aliphatic carbocycles. The third-order valence-corrected chi connectivity index (χ3v) is 8.86. The minimum atomic E-state index is -1.50. The van der Waals surface area contributed by atoms with Gasteiger partial charge in [0.15, 0.2) is 5.13 Å². The molecule has 0 aliphatic heterocycles. The molecule has 3 N–H and O–H groups in total. The van der Waals surface area contributed by atoms with Gasteiger partial charge in [-0.05, 0) is 30.3 Å². The fourth-order valence-electron chi connectivity index (χ4n) is 3.52. The van der Waals surface area contributed by atoms with Gasteiger partial charge in [0.1, 0.15) is 5.75 Å². The van der Waals surface area contributed by atoms with Crippen molar-refractivity contribution >= 4 is 98.1 Å². The molecule has 0 radical (unpaired) electrons. The summed E-state index contributed by atoms with van der Waals surface area (Å²) in [4.78, 5) is 42.5. The number of benzene rings is 3. The van der Waals surface area contributed by atoms with Crippen LogP contribution in [0.5, 0.6) is 5.75 Å². The lowest BCUT2D eigenvalue weighted by Gasteiger charge is -2.14. The van der Waals surface area contributed by atoms with Gasteiger partial charge in [0.05, 0.1) is 49.8 Å². The summed E-state index contributed by atoms with van der Waals surface area (Å²) in [5.41, 5.74) is 0.823. The molecule has 1 aromatic heterocycles. The van der Waals surface area contributed by atoms with E-state index in [1.165, 1.54) is 23.1 Å². The number of rotatable bonds is 9. The Morgan fingerprint density at radius 1 is 0.950 bits per heavy atom. The molecule has 0 unspecified atom stereocenters. The first kappa shape index (κ1) is 30.0. The number of amides is 2. The number of hydrogen-bond acceptors (Lipinski definition) is 7. The molecule has 2 amide bonds. The van der Waals surface area contributed by atoms with E-state index >= 15 is 0 Å². The number of carboxylic acid groups (broad SMARTS) is 1. The maximum absolute atomic E-state index is 13.0.